The number of aliphatic hydroxyl groups excluding tert-OH is 9. The predicted octanol–water partition coefficient (Wildman–Crippen LogP) is -7.86. The van der Waals surface area contributed by atoms with Gasteiger partial charge in [0.05, 0.1) is 170 Å². The van der Waals surface area contributed by atoms with Crippen molar-refractivity contribution in [2.75, 3.05) is 195 Å². The fourth-order valence-corrected chi connectivity index (χ4v) is 10.9. The SMILES string of the molecule is CC(=O)NC1C(O)[C@@H](O)C(CO)O[C@H]1OCCOCCOCCNC(=O)CCOCC(COCCC(=O)NCCOCCOCCO[C@@H]1OC(CO)[C@H](O)C(O)C1NC(C)=O)(COCCC(=O)NCCOCCOCCO[C@@H]1OC(CO)[C@H](O)C(O)[C@@H]1NC(C)=O)NC(=O)CNC(=S)Nc1ccc(NC(C)=S)cc1. The van der Waals surface area contributed by atoms with Gasteiger partial charge in [-0.1, -0.05) is 12.2 Å². The lowest BCUT2D eigenvalue weighted by Crippen LogP contribution is -2.64. The molecule has 3 aliphatic rings. The van der Waals surface area contributed by atoms with Crippen molar-refractivity contribution in [1.29, 1.82) is 0 Å². The van der Waals surface area contributed by atoms with Gasteiger partial charge < -0.3 is 170 Å². The molecule has 0 saturated carbocycles. The molecule has 1 aromatic rings. The summed E-state index contributed by atoms with van der Waals surface area (Å²) in [5, 5.41) is 118. The van der Waals surface area contributed by atoms with Gasteiger partial charge in [-0.05, 0) is 43.4 Å². The number of nitrogens with one attached hydrogen (secondary N) is 10. The molecule has 624 valence electrons. The zero-order chi connectivity index (χ0) is 79.9. The highest BCUT2D eigenvalue weighted by Gasteiger charge is 2.48. The Hall–Kier alpha value is -5.87. The monoisotopic (exact) mass is 1600 g/mol. The first-order valence-electron chi connectivity index (χ1n) is 35.6. The van der Waals surface area contributed by atoms with Crippen LogP contribution in [0.4, 0.5) is 11.4 Å². The zero-order valence-corrected chi connectivity index (χ0v) is 63.3. The average molecular weight is 1610 g/mol. The van der Waals surface area contributed by atoms with E-state index in [1.165, 1.54) is 20.8 Å². The van der Waals surface area contributed by atoms with Crippen molar-refractivity contribution in [2.45, 2.75) is 144 Å². The maximum atomic E-state index is 13.9. The predicted molar refractivity (Wildman–Crippen MR) is 388 cm³/mol. The zero-order valence-electron chi connectivity index (χ0n) is 61.7. The molecule has 43 heteroatoms. The number of hydrogen-bond donors (Lipinski definition) is 19. The minimum absolute atomic E-state index is 0.0408. The molecule has 8 unspecified atom stereocenters. The molecule has 15 atom stereocenters. The minimum atomic E-state index is -1.53. The Balaban J connectivity index is 1.29. The third-order valence-electron chi connectivity index (χ3n) is 15.9. The van der Waals surface area contributed by atoms with E-state index in [1.54, 1.807) is 31.2 Å². The molecule has 0 spiro atoms. The largest absolute Gasteiger partial charge is 0.394 e. The van der Waals surface area contributed by atoms with Gasteiger partial charge in [-0.15, -0.1) is 0 Å². The van der Waals surface area contributed by atoms with Crippen LogP contribution in [0.3, 0.4) is 0 Å². The Bertz CT molecular complexity index is 2610. The van der Waals surface area contributed by atoms with E-state index >= 15 is 0 Å². The molecule has 41 nitrogen and oxygen atoms in total. The van der Waals surface area contributed by atoms with Crippen LogP contribution in [0, 0.1) is 0 Å². The van der Waals surface area contributed by atoms with Crippen molar-refractivity contribution in [1.82, 2.24) is 42.5 Å². The van der Waals surface area contributed by atoms with Crippen LogP contribution < -0.4 is 53.2 Å². The van der Waals surface area contributed by atoms with Gasteiger partial charge in [-0.25, -0.2) is 0 Å². The van der Waals surface area contributed by atoms with E-state index in [1.807, 2.05) is 0 Å². The number of carbonyl (C=O) groups is 7. The van der Waals surface area contributed by atoms with Gasteiger partial charge in [0.15, 0.2) is 24.0 Å². The Morgan fingerprint density at radius 1 is 0.385 bits per heavy atom. The van der Waals surface area contributed by atoms with Crippen molar-refractivity contribution >= 4 is 87.3 Å². The summed E-state index contributed by atoms with van der Waals surface area (Å²) in [6.45, 7) is 3.29. The van der Waals surface area contributed by atoms with Gasteiger partial charge in [0, 0.05) is 71.0 Å². The number of thiocarbonyl (C=S) groups is 2. The number of rotatable bonds is 56. The molecule has 3 aliphatic heterocycles. The van der Waals surface area contributed by atoms with Gasteiger partial charge in [0.1, 0.15) is 78.6 Å². The van der Waals surface area contributed by atoms with Crippen molar-refractivity contribution in [3.05, 3.63) is 24.3 Å². The quantitative estimate of drug-likeness (QED) is 0.0213. The van der Waals surface area contributed by atoms with E-state index in [0.717, 1.165) is 5.69 Å². The molecule has 3 saturated heterocycles. The number of amides is 7. The van der Waals surface area contributed by atoms with E-state index in [9.17, 15) is 79.5 Å². The summed E-state index contributed by atoms with van der Waals surface area (Å²) in [6.07, 6.45) is -16.2. The Morgan fingerprint density at radius 3 is 0.972 bits per heavy atom. The van der Waals surface area contributed by atoms with Crippen molar-refractivity contribution < 1.29 is 151 Å². The lowest BCUT2D eigenvalue weighted by atomic mass is 9.97. The van der Waals surface area contributed by atoms with Gasteiger partial charge in [0.2, 0.25) is 41.4 Å². The Morgan fingerprint density at radius 2 is 0.679 bits per heavy atom. The summed E-state index contributed by atoms with van der Waals surface area (Å²) >= 11 is 10.6. The summed E-state index contributed by atoms with van der Waals surface area (Å²) in [4.78, 5) is 88.7. The van der Waals surface area contributed by atoms with Gasteiger partial charge >= 0.3 is 0 Å². The second-order valence-corrected chi connectivity index (χ2v) is 26.0. The van der Waals surface area contributed by atoms with Gasteiger partial charge in [-0.2, -0.15) is 0 Å². The van der Waals surface area contributed by atoms with Crippen molar-refractivity contribution in [2.24, 2.45) is 0 Å². The molecule has 19 N–H and O–H groups in total. The summed E-state index contributed by atoms with van der Waals surface area (Å²) in [5.41, 5.74) is -0.177. The average Bonchev–Trinajstić information content (AvgIpc) is 0.822. The fraction of sp³-hybridized carbons (Fsp3) is 0.773. The number of anilines is 2. The standard InChI is InChI=1S/C66H112N10O31S2/c1-40(80)71-53-59(90)56(87)46(34-77)105-62(53)102-30-27-96-24-21-93-18-12-67-49(83)9-15-99-37-66(76-52(86)33-70-65(109)75-45-7-5-44(6-8-45)74-43(4)108,38-100-16-10-50(84)68-13-19-94-22-25-97-28-31-103-63-54(72-41(2)81)60(91)57(88)47(35-78)106-63)39-101-17-11-51(85)69-14-20-95-23-26-98-29-32-104-64-55(73-42(3)82)61(92)58(89)48(36-79)107-64/h5-8,46-48,53-64,77-79,87-92H,9-39H2,1-4H3,(H,67,83)(H,68,84)(H,69,85)(H,71,80)(H,72,81)(H,73,82)(H,74,108)(H,76,86)(H2,70,75,109)/t46?,47?,48?,53-,54?,55?,56-,57-,58-,59?,60?,61?,62+,63+,64+,66?/m0/s1. The normalized spacial score (nSPS) is 24.5. The van der Waals surface area contributed by atoms with Crippen LogP contribution in [-0.2, 0) is 105 Å². The first-order valence-corrected chi connectivity index (χ1v) is 36.4. The smallest absolute Gasteiger partial charge is 0.240 e. The molecule has 0 aromatic heterocycles. The summed E-state index contributed by atoms with van der Waals surface area (Å²) in [6, 6.07) is 3.73. The van der Waals surface area contributed by atoms with Gasteiger partial charge in [-0.3, -0.25) is 33.6 Å². The molecule has 109 heavy (non-hydrogen) atoms. The van der Waals surface area contributed by atoms with E-state index in [2.05, 4.69) is 53.2 Å². The molecule has 3 fully saturated rings. The lowest BCUT2D eigenvalue weighted by Gasteiger charge is -2.42. The third-order valence-corrected chi connectivity index (χ3v) is 16.3. The van der Waals surface area contributed by atoms with Crippen LogP contribution in [-0.4, -0.2) is 380 Å². The first kappa shape index (κ1) is 95.5. The number of carbonyl (C=O) groups excluding carboxylic acids is 7. The van der Waals surface area contributed by atoms with Crippen LogP contribution in [0.25, 0.3) is 0 Å². The van der Waals surface area contributed by atoms with Crippen LogP contribution >= 0.6 is 24.4 Å². The summed E-state index contributed by atoms with van der Waals surface area (Å²) in [5.74, 6) is -3.33. The van der Waals surface area contributed by atoms with E-state index in [4.69, 9.17) is 95.5 Å². The second kappa shape index (κ2) is 54.7. The number of ether oxygens (including phenoxy) is 15. The molecule has 0 bridgehead atoms. The molecule has 1 aromatic carbocycles. The highest BCUT2D eigenvalue weighted by Crippen LogP contribution is 2.25. The van der Waals surface area contributed by atoms with Crippen LogP contribution in [0.2, 0.25) is 0 Å². The molecular formula is C66H112N10O31S2. The Kier molecular flexibility index (Phi) is 48.0. The van der Waals surface area contributed by atoms with E-state index < -0.39 is 159 Å². The van der Waals surface area contributed by atoms with E-state index in [0.29, 0.717) is 10.7 Å². The summed E-state index contributed by atoms with van der Waals surface area (Å²) in [7, 11) is 0. The Labute approximate surface area is 642 Å². The minimum Gasteiger partial charge on any atom is -0.394 e. The van der Waals surface area contributed by atoms with E-state index in [-0.39, 0.29) is 189 Å². The molecule has 4 rings (SSSR count). The van der Waals surface area contributed by atoms with Gasteiger partial charge in [0.25, 0.3) is 0 Å². The number of aliphatic hydroxyl groups is 9. The maximum Gasteiger partial charge on any atom is 0.240 e. The molecule has 7 amide bonds. The molecule has 0 aliphatic carbocycles. The van der Waals surface area contributed by atoms with Crippen molar-refractivity contribution in [3.8, 4) is 0 Å². The maximum absolute atomic E-state index is 13.9. The third kappa shape index (κ3) is 38.5. The molecular weight excluding hydrogens is 1490 g/mol. The summed E-state index contributed by atoms with van der Waals surface area (Å²) < 4.78 is 85.0. The topological polar surface area (TPSA) is 560 Å². The van der Waals surface area contributed by atoms with Crippen LogP contribution in [0.5, 0.6) is 0 Å². The van der Waals surface area contributed by atoms with Crippen LogP contribution in [0.1, 0.15) is 47.0 Å². The molecule has 0 radical (unpaired) electrons. The number of hydrogen-bond acceptors (Lipinski definition) is 33. The van der Waals surface area contributed by atoms with Crippen molar-refractivity contribution in [3.63, 3.8) is 0 Å². The highest BCUT2D eigenvalue weighted by atomic mass is 32.1. The van der Waals surface area contributed by atoms with Crippen LogP contribution in [0.15, 0.2) is 24.3 Å². The molecule has 3 heterocycles. The lowest BCUT2D eigenvalue weighted by molar-refractivity contribution is -0.272. The highest BCUT2D eigenvalue weighted by molar-refractivity contribution is 7.80. The number of benzene rings is 1. The second-order valence-electron chi connectivity index (χ2n) is 24.9. The first-order chi connectivity index (χ1) is 52.3. The fourth-order valence-electron chi connectivity index (χ4n) is 10.6.